The van der Waals surface area contributed by atoms with E-state index in [0.717, 1.165) is 17.1 Å². The molecule has 8 nitrogen and oxygen atoms in total. The van der Waals surface area contributed by atoms with Gasteiger partial charge in [-0.05, 0) is 50.1 Å². The molecule has 2 aromatic carbocycles. The van der Waals surface area contributed by atoms with E-state index in [-0.39, 0.29) is 22.7 Å². The molecule has 3 aromatic rings. The highest BCUT2D eigenvalue weighted by Gasteiger charge is 2.32. The molecule has 0 radical (unpaired) electrons. The summed E-state index contributed by atoms with van der Waals surface area (Å²) in [6.45, 7) is 1.73. The summed E-state index contributed by atoms with van der Waals surface area (Å²) >= 11 is 1.23. The van der Waals surface area contributed by atoms with E-state index in [1.807, 2.05) is 4.57 Å². The van der Waals surface area contributed by atoms with Crippen molar-refractivity contribution in [1.82, 2.24) is 19.1 Å². The van der Waals surface area contributed by atoms with Crippen molar-refractivity contribution in [1.29, 1.82) is 0 Å². The van der Waals surface area contributed by atoms with Gasteiger partial charge in [-0.25, -0.2) is 17.1 Å². The Balaban J connectivity index is 1.52. The first-order chi connectivity index (χ1) is 15.7. The number of amides is 1. The minimum absolute atomic E-state index is 0.0913. The fraction of sp³-hybridized carbons (Fsp3) is 0.318. The van der Waals surface area contributed by atoms with E-state index in [1.165, 1.54) is 44.1 Å². The van der Waals surface area contributed by atoms with Crippen molar-refractivity contribution < 1.29 is 17.6 Å². The van der Waals surface area contributed by atoms with Crippen molar-refractivity contribution in [3.63, 3.8) is 0 Å². The minimum Gasteiger partial charge on any atom is -0.325 e. The van der Waals surface area contributed by atoms with Gasteiger partial charge in [0.05, 0.1) is 15.7 Å². The van der Waals surface area contributed by atoms with Crippen LogP contribution >= 0.6 is 11.8 Å². The molecule has 0 aliphatic heterocycles. The average Bonchev–Trinajstić information content (AvgIpc) is 3.54. The minimum atomic E-state index is -3.61. The fourth-order valence-corrected chi connectivity index (χ4v) is 5.11. The SMILES string of the molecule is CC(Sc1nnc(-c2ccccc2F)n1C1CC1)C(=O)Nc1cccc(S(=O)(=O)N(C)C)c1. The third-order valence-corrected chi connectivity index (χ3v) is 8.09. The van der Waals surface area contributed by atoms with Crippen molar-refractivity contribution in [3.05, 3.63) is 54.3 Å². The summed E-state index contributed by atoms with van der Waals surface area (Å²) in [7, 11) is -0.716. The molecule has 1 aliphatic rings. The number of sulfonamides is 1. The van der Waals surface area contributed by atoms with Crippen molar-refractivity contribution in [3.8, 4) is 11.4 Å². The predicted octanol–water partition coefficient (Wildman–Crippen LogP) is 3.79. The number of nitrogens with zero attached hydrogens (tertiary/aromatic N) is 4. The molecule has 0 bridgehead atoms. The lowest BCUT2D eigenvalue weighted by atomic mass is 10.2. The van der Waals surface area contributed by atoms with Crippen LogP contribution in [0.3, 0.4) is 0 Å². The molecule has 174 valence electrons. The van der Waals surface area contributed by atoms with Gasteiger partial charge in [-0.1, -0.05) is 30.0 Å². The Morgan fingerprint density at radius 2 is 1.91 bits per heavy atom. The molecule has 1 fully saturated rings. The Morgan fingerprint density at radius 1 is 1.18 bits per heavy atom. The number of carbonyl (C=O) groups excluding carboxylic acids is 1. The van der Waals surface area contributed by atoms with Gasteiger partial charge in [-0.2, -0.15) is 0 Å². The summed E-state index contributed by atoms with van der Waals surface area (Å²) < 4.78 is 42.1. The van der Waals surface area contributed by atoms with Crippen LogP contribution in [-0.4, -0.2) is 52.7 Å². The molecule has 1 aliphatic carbocycles. The second-order valence-electron chi connectivity index (χ2n) is 7.95. The lowest BCUT2D eigenvalue weighted by molar-refractivity contribution is -0.115. The van der Waals surface area contributed by atoms with Gasteiger partial charge in [-0.15, -0.1) is 10.2 Å². The predicted molar refractivity (Wildman–Crippen MR) is 125 cm³/mol. The molecule has 0 spiro atoms. The van der Waals surface area contributed by atoms with Crippen LogP contribution in [0.2, 0.25) is 0 Å². The molecule has 1 amide bonds. The van der Waals surface area contributed by atoms with Gasteiger partial charge in [-0.3, -0.25) is 9.36 Å². The molecule has 4 rings (SSSR count). The van der Waals surface area contributed by atoms with Gasteiger partial charge < -0.3 is 5.32 Å². The number of thioether (sulfide) groups is 1. The monoisotopic (exact) mass is 489 g/mol. The zero-order valence-corrected chi connectivity index (χ0v) is 20.0. The summed E-state index contributed by atoms with van der Waals surface area (Å²) in [6.07, 6.45) is 1.89. The summed E-state index contributed by atoms with van der Waals surface area (Å²) in [4.78, 5) is 12.9. The van der Waals surface area contributed by atoms with Crippen LogP contribution in [0, 0.1) is 5.82 Å². The highest BCUT2D eigenvalue weighted by atomic mass is 32.2. The lowest BCUT2D eigenvalue weighted by Crippen LogP contribution is -2.24. The highest BCUT2D eigenvalue weighted by Crippen LogP contribution is 2.42. The van der Waals surface area contributed by atoms with Crippen LogP contribution in [0.25, 0.3) is 11.4 Å². The van der Waals surface area contributed by atoms with Crippen LogP contribution in [0.1, 0.15) is 25.8 Å². The summed E-state index contributed by atoms with van der Waals surface area (Å²) in [6, 6.07) is 12.7. The van der Waals surface area contributed by atoms with Gasteiger partial charge in [0.15, 0.2) is 11.0 Å². The molecule has 11 heteroatoms. The number of carbonyl (C=O) groups is 1. The van der Waals surface area contributed by atoms with Crippen molar-refractivity contribution in [2.75, 3.05) is 19.4 Å². The smallest absolute Gasteiger partial charge is 0.242 e. The molecule has 1 heterocycles. The van der Waals surface area contributed by atoms with Crippen molar-refractivity contribution in [2.24, 2.45) is 0 Å². The molecule has 1 aromatic heterocycles. The normalized spacial score (nSPS) is 14.9. The maximum Gasteiger partial charge on any atom is 0.242 e. The van der Waals surface area contributed by atoms with Crippen molar-refractivity contribution >= 4 is 33.4 Å². The first-order valence-electron chi connectivity index (χ1n) is 10.4. The first kappa shape index (κ1) is 23.4. The summed E-state index contributed by atoms with van der Waals surface area (Å²) in [5.41, 5.74) is 0.755. The number of halogens is 1. The van der Waals surface area contributed by atoms with E-state index < -0.39 is 15.3 Å². The molecule has 1 atom stereocenters. The Morgan fingerprint density at radius 3 is 2.58 bits per heavy atom. The molecule has 0 saturated heterocycles. The van der Waals surface area contributed by atoms with Crippen LogP contribution in [0.4, 0.5) is 10.1 Å². The van der Waals surface area contributed by atoms with Gasteiger partial charge in [0.25, 0.3) is 0 Å². The van der Waals surface area contributed by atoms with Gasteiger partial charge in [0.2, 0.25) is 15.9 Å². The summed E-state index contributed by atoms with van der Waals surface area (Å²) in [5.74, 6) is -0.230. The first-order valence-corrected chi connectivity index (χ1v) is 12.7. The fourth-order valence-electron chi connectivity index (χ4n) is 3.25. The van der Waals surface area contributed by atoms with E-state index in [0.29, 0.717) is 22.2 Å². The maximum absolute atomic E-state index is 14.3. The van der Waals surface area contributed by atoms with E-state index in [9.17, 15) is 17.6 Å². The standard InChI is InChI=1S/C22H24FN5O3S2/c1-14(21(29)24-15-7-6-8-17(13-15)33(30,31)27(2)3)32-22-26-25-20(28(22)16-11-12-16)18-9-4-5-10-19(18)23/h4-10,13-14,16H,11-12H2,1-3H3,(H,24,29). The highest BCUT2D eigenvalue weighted by molar-refractivity contribution is 8.00. The van der Waals surface area contributed by atoms with E-state index in [4.69, 9.17) is 0 Å². The Hall–Kier alpha value is -2.76. The largest absolute Gasteiger partial charge is 0.325 e. The number of hydrogen-bond donors (Lipinski definition) is 1. The number of nitrogens with one attached hydrogen (secondary N) is 1. The number of benzene rings is 2. The number of rotatable bonds is 8. The van der Waals surface area contributed by atoms with Crippen LogP contribution < -0.4 is 5.32 Å². The summed E-state index contributed by atoms with van der Waals surface area (Å²) in [5, 5.41) is 11.2. The quantitative estimate of drug-likeness (QED) is 0.484. The number of anilines is 1. The van der Waals surface area contributed by atoms with Crippen LogP contribution in [0.15, 0.2) is 58.6 Å². The third kappa shape index (κ3) is 4.94. The Kier molecular flexibility index (Phi) is 6.55. The van der Waals surface area contributed by atoms with Gasteiger partial charge in [0, 0.05) is 25.8 Å². The molecule has 1 unspecified atom stereocenters. The van der Waals surface area contributed by atoms with Crippen LogP contribution in [0.5, 0.6) is 0 Å². The third-order valence-electron chi connectivity index (χ3n) is 5.22. The lowest BCUT2D eigenvalue weighted by Gasteiger charge is -2.15. The van der Waals surface area contributed by atoms with E-state index >= 15 is 0 Å². The number of hydrogen-bond acceptors (Lipinski definition) is 6. The molecular weight excluding hydrogens is 465 g/mol. The zero-order chi connectivity index (χ0) is 23.8. The molecule has 33 heavy (non-hydrogen) atoms. The topological polar surface area (TPSA) is 97.2 Å². The molecule has 1 N–H and O–H groups in total. The zero-order valence-electron chi connectivity index (χ0n) is 18.4. The van der Waals surface area contributed by atoms with Gasteiger partial charge in [0.1, 0.15) is 5.82 Å². The van der Waals surface area contributed by atoms with Gasteiger partial charge >= 0.3 is 0 Å². The Bertz CT molecular complexity index is 1290. The molecule has 1 saturated carbocycles. The van der Waals surface area contributed by atoms with Crippen LogP contribution in [-0.2, 0) is 14.8 Å². The van der Waals surface area contributed by atoms with E-state index in [2.05, 4.69) is 15.5 Å². The van der Waals surface area contributed by atoms with E-state index in [1.54, 1.807) is 37.3 Å². The molecular formula is C22H24FN5O3S2. The Labute approximate surface area is 196 Å². The number of aromatic nitrogens is 3. The second-order valence-corrected chi connectivity index (χ2v) is 11.4. The second kappa shape index (κ2) is 9.24. The maximum atomic E-state index is 14.3. The van der Waals surface area contributed by atoms with Crippen molar-refractivity contribution in [2.45, 2.75) is 41.1 Å². The average molecular weight is 490 g/mol.